The second-order valence-electron chi connectivity index (χ2n) is 10.3. The van der Waals surface area contributed by atoms with Gasteiger partial charge in [-0.25, -0.2) is 19.1 Å². The third-order valence-corrected chi connectivity index (χ3v) is 6.02. The molecule has 1 atom stereocenters. The minimum absolute atomic E-state index is 0.0923. The molecule has 0 spiro atoms. The zero-order valence-electron chi connectivity index (χ0n) is 21.9. The Balaban J connectivity index is 1.65. The smallest absolute Gasteiger partial charge is 0.382 e. The maximum atomic E-state index is 13.1. The largest absolute Gasteiger partial charge is 0.416 e. The van der Waals surface area contributed by atoms with E-state index in [9.17, 15) is 27.9 Å². The molecule has 0 saturated carbocycles. The van der Waals surface area contributed by atoms with Gasteiger partial charge in [-0.15, -0.1) is 10.2 Å². The fourth-order valence-corrected chi connectivity index (χ4v) is 3.85. The number of hydrogen-bond donors (Lipinski definition) is 2. The van der Waals surface area contributed by atoms with Crippen LogP contribution in [0.1, 0.15) is 37.0 Å². The monoisotopic (exact) mass is 577 g/mol. The number of alkyl halides is 3. The van der Waals surface area contributed by atoms with Crippen LogP contribution in [0.3, 0.4) is 0 Å². The summed E-state index contributed by atoms with van der Waals surface area (Å²) in [6.45, 7) is 5.10. The zero-order chi connectivity index (χ0) is 29.2. The molecule has 0 fully saturated rings. The fourth-order valence-electron chi connectivity index (χ4n) is 3.72. The molecule has 0 aliphatic heterocycles. The van der Waals surface area contributed by atoms with Gasteiger partial charge in [0.15, 0.2) is 17.8 Å². The molecule has 0 aliphatic carbocycles. The lowest BCUT2D eigenvalue weighted by Gasteiger charge is -2.19. The molecule has 4 rings (SSSR count). The highest BCUT2D eigenvalue weighted by Crippen LogP contribution is 2.24. The van der Waals surface area contributed by atoms with E-state index in [-0.39, 0.29) is 29.5 Å². The lowest BCUT2D eigenvalue weighted by atomic mass is 9.97. The first-order chi connectivity index (χ1) is 18.7. The van der Waals surface area contributed by atoms with E-state index < -0.39 is 24.5 Å². The summed E-state index contributed by atoms with van der Waals surface area (Å²) >= 11 is 5.92. The first-order valence-electron chi connectivity index (χ1n) is 12.2. The van der Waals surface area contributed by atoms with Crippen LogP contribution in [0.4, 0.5) is 13.2 Å². The lowest BCUT2D eigenvalue weighted by Crippen LogP contribution is -2.37. The molecule has 0 bridgehead atoms. The number of aliphatic hydroxyl groups is 1. The Morgan fingerprint density at radius 1 is 1.07 bits per heavy atom. The number of rotatable bonds is 8. The van der Waals surface area contributed by atoms with Crippen molar-refractivity contribution in [2.24, 2.45) is 5.41 Å². The molecular formula is C26H27ClF3N7O3. The maximum Gasteiger partial charge on any atom is 0.416 e. The lowest BCUT2D eigenvalue weighted by molar-refractivity contribution is -0.207. The zero-order valence-corrected chi connectivity index (χ0v) is 22.6. The highest BCUT2D eigenvalue weighted by Gasteiger charge is 2.39. The molecule has 4 aromatic rings. The van der Waals surface area contributed by atoms with Gasteiger partial charge < -0.3 is 10.4 Å². The van der Waals surface area contributed by atoms with Crippen molar-refractivity contribution < 1.29 is 23.1 Å². The summed E-state index contributed by atoms with van der Waals surface area (Å²) in [6, 6.07) is 12.8. The van der Waals surface area contributed by atoms with Crippen molar-refractivity contribution in [1.82, 2.24) is 34.4 Å². The van der Waals surface area contributed by atoms with Gasteiger partial charge in [0.05, 0.1) is 17.8 Å². The van der Waals surface area contributed by atoms with Crippen LogP contribution >= 0.6 is 11.6 Å². The molecule has 2 N–H and O–H groups in total. The number of halogens is 4. The van der Waals surface area contributed by atoms with Crippen molar-refractivity contribution in [3.8, 4) is 17.1 Å². The van der Waals surface area contributed by atoms with E-state index in [0.717, 1.165) is 9.25 Å². The maximum absolute atomic E-state index is 13.1. The third-order valence-electron chi connectivity index (χ3n) is 5.76. The molecule has 2 aromatic heterocycles. The Morgan fingerprint density at radius 3 is 2.40 bits per heavy atom. The number of benzene rings is 2. The van der Waals surface area contributed by atoms with Crippen molar-refractivity contribution in [3.05, 3.63) is 81.8 Å². The molecule has 14 heteroatoms. The summed E-state index contributed by atoms with van der Waals surface area (Å²) in [6.07, 6.45) is -6.36. The van der Waals surface area contributed by atoms with E-state index >= 15 is 0 Å². The number of hydrogen-bond acceptors (Lipinski definition) is 6. The van der Waals surface area contributed by atoms with Gasteiger partial charge >= 0.3 is 11.9 Å². The Labute approximate surface area is 232 Å². The van der Waals surface area contributed by atoms with Gasteiger partial charge in [0.1, 0.15) is 12.9 Å². The highest BCUT2D eigenvalue weighted by molar-refractivity contribution is 6.30. The van der Waals surface area contributed by atoms with Crippen molar-refractivity contribution in [1.29, 1.82) is 0 Å². The van der Waals surface area contributed by atoms with Crippen LogP contribution in [0.2, 0.25) is 5.02 Å². The van der Waals surface area contributed by atoms with Crippen LogP contribution in [0.15, 0.2) is 59.7 Å². The summed E-state index contributed by atoms with van der Waals surface area (Å²) in [5.41, 5.74) is 0.106. The second kappa shape index (κ2) is 11.3. The van der Waals surface area contributed by atoms with Crippen LogP contribution in [0.5, 0.6) is 0 Å². The number of nitrogens with zero attached hydrogens (tertiary/aromatic N) is 6. The molecule has 1 amide bonds. The van der Waals surface area contributed by atoms with Crippen LogP contribution in [0.25, 0.3) is 17.1 Å². The summed E-state index contributed by atoms with van der Waals surface area (Å²) in [4.78, 5) is 30.2. The number of aromatic nitrogens is 6. The standard InChI is InChI=1S/C26H27ClF3N7O3/c1-25(2,3)14-31-23(39)18-6-4-5-7-19(18)37-15-32-21(33-37)13-36-24(40)35(12-20(38)26(28,29)30)22(34-36)16-8-10-17(27)11-9-16/h4-11,15,20,38H,12-14H2,1-3H3,(H,31,39). The van der Waals surface area contributed by atoms with Gasteiger partial charge in [0.25, 0.3) is 5.91 Å². The first kappa shape index (κ1) is 29.0. The molecule has 2 aromatic carbocycles. The summed E-state index contributed by atoms with van der Waals surface area (Å²) in [5.74, 6) is -0.269. The van der Waals surface area contributed by atoms with Gasteiger partial charge in [-0.05, 0) is 41.8 Å². The number of nitrogens with one attached hydrogen (secondary N) is 1. The summed E-state index contributed by atoms with van der Waals surface area (Å²) < 4.78 is 42.3. The van der Waals surface area contributed by atoms with E-state index in [2.05, 4.69) is 20.5 Å². The number of aliphatic hydroxyl groups excluding tert-OH is 1. The topological polar surface area (TPSA) is 120 Å². The minimum atomic E-state index is -4.94. The Hall–Kier alpha value is -3.97. The van der Waals surface area contributed by atoms with E-state index in [4.69, 9.17) is 11.6 Å². The molecular weight excluding hydrogens is 551 g/mol. The van der Waals surface area contributed by atoms with Crippen LogP contribution in [0, 0.1) is 5.41 Å². The van der Waals surface area contributed by atoms with Crippen molar-refractivity contribution in [2.45, 2.75) is 46.1 Å². The SMILES string of the molecule is CC(C)(C)CNC(=O)c1ccccc1-n1cnc(Cn2nc(-c3ccc(Cl)cc3)n(CC(O)C(F)(F)F)c2=O)n1. The van der Waals surface area contributed by atoms with E-state index in [0.29, 0.717) is 28.4 Å². The first-order valence-corrected chi connectivity index (χ1v) is 12.6. The molecule has 212 valence electrons. The number of carbonyl (C=O) groups excluding carboxylic acids is 1. The highest BCUT2D eigenvalue weighted by atomic mass is 35.5. The fraction of sp³-hybridized carbons (Fsp3) is 0.346. The predicted molar refractivity (Wildman–Crippen MR) is 141 cm³/mol. The van der Waals surface area contributed by atoms with Gasteiger partial charge in [-0.3, -0.25) is 9.36 Å². The van der Waals surface area contributed by atoms with Crippen molar-refractivity contribution in [3.63, 3.8) is 0 Å². The van der Waals surface area contributed by atoms with Gasteiger partial charge in [0.2, 0.25) is 0 Å². The molecule has 1 unspecified atom stereocenters. The normalized spacial score (nSPS) is 12.9. The Kier molecular flexibility index (Phi) is 8.17. The Bertz CT molecular complexity index is 1550. The molecule has 0 saturated heterocycles. The third kappa shape index (κ3) is 6.77. The molecule has 2 heterocycles. The van der Waals surface area contributed by atoms with Gasteiger partial charge in [-0.2, -0.15) is 13.2 Å². The van der Waals surface area contributed by atoms with Crippen LogP contribution < -0.4 is 11.0 Å². The van der Waals surface area contributed by atoms with Crippen molar-refractivity contribution in [2.75, 3.05) is 6.54 Å². The second-order valence-corrected chi connectivity index (χ2v) is 10.7. The summed E-state index contributed by atoms with van der Waals surface area (Å²) in [5, 5.41) is 21.5. The molecule has 0 radical (unpaired) electrons. The Morgan fingerprint density at radius 2 is 1.75 bits per heavy atom. The van der Waals surface area contributed by atoms with Crippen LogP contribution in [-0.2, 0) is 13.1 Å². The van der Waals surface area contributed by atoms with Crippen molar-refractivity contribution >= 4 is 17.5 Å². The minimum Gasteiger partial charge on any atom is -0.382 e. The quantitative estimate of drug-likeness (QED) is 0.330. The average molecular weight is 578 g/mol. The number of amides is 1. The van der Waals surface area contributed by atoms with E-state index in [1.807, 2.05) is 20.8 Å². The van der Waals surface area contributed by atoms with E-state index in [1.165, 1.54) is 35.3 Å². The average Bonchev–Trinajstić information content (AvgIpc) is 3.47. The predicted octanol–water partition coefficient (Wildman–Crippen LogP) is 3.69. The molecule has 0 aliphatic rings. The molecule has 10 nitrogen and oxygen atoms in total. The number of carbonyl (C=O) groups is 1. The van der Waals surface area contributed by atoms with Gasteiger partial charge in [0, 0.05) is 17.1 Å². The van der Waals surface area contributed by atoms with Gasteiger partial charge in [-0.1, -0.05) is 44.5 Å². The number of para-hydroxylation sites is 1. The molecule has 40 heavy (non-hydrogen) atoms. The van der Waals surface area contributed by atoms with Crippen LogP contribution in [-0.4, -0.2) is 59.0 Å². The van der Waals surface area contributed by atoms with E-state index in [1.54, 1.807) is 24.3 Å². The summed E-state index contributed by atoms with van der Waals surface area (Å²) in [7, 11) is 0.